The molecule has 0 saturated carbocycles. The minimum absolute atomic E-state index is 0.120. The Hall–Kier alpha value is -2.30. The highest BCUT2D eigenvalue weighted by Gasteiger charge is 2.16. The van der Waals surface area contributed by atoms with Gasteiger partial charge in [0.05, 0.1) is 28.9 Å². The molecule has 0 radical (unpaired) electrons. The van der Waals surface area contributed by atoms with E-state index in [1.165, 1.54) is 13.2 Å². The summed E-state index contributed by atoms with van der Waals surface area (Å²) >= 11 is 12.2. The van der Waals surface area contributed by atoms with Crippen molar-refractivity contribution >= 4 is 40.1 Å². The highest BCUT2D eigenvalue weighted by atomic mass is 35.5. The Balaban J connectivity index is 2.37. The van der Waals surface area contributed by atoms with E-state index in [2.05, 4.69) is 4.98 Å². The van der Waals surface area contributed by atoms with Gasteiger partial charge < -0.3 is 9.84 Å². The number of methoxy groups -OCH3 is 1. The maximum atomic E-state index is 11.6. The van der Waals surface area contributed by atoms with Crippen LogP contribution in [0.15, 0.2) is 42.5 Å². The predicted octanol–water partition coefficient (Wildman–Crippen LogP) is 4.92. The molecule has 116 valence electrons. The van der Waals surface area contributed by atoms with E-state index in [4.69, 9.17) is 27.9 Å². The Morgan fingerprint density at radius 2 is 1.96 bits per heavy atom. The van der Waals surface area contributed by atoms with Crippen molar-refractivity contribution in [2.24, 2.45) is 0 Å². The third-order valence-corrected chi connectivity index (χ3v) is 4.00. The van der Waals surface area contributed by atoms with Crippen molar-refractivity contribution in [1.29, 1.82) is 0 Å². The predicted molar refractivity (Wildman–Crippen MR) is 90.7 cm³/mol. The number of carboxylic acids is 1. The van der Waals surface area contributed by atoms with Gasteiger partial charge >= 0.3 is 5.97 Å². The molecule has 0 spiro atoms. The second kappa shape index (κ2) is 6.07. The molecular weight excluding hydrogens is 337 g/mol. The van der Waals surface area contributed by atoms with Crippen LogP contribution >= 0.6 is 23.2 Å². The summed E-state index contributed by atoms with van der Waals surface area (Å²) in [4.78, 5) is 16.1. The summed E-state index contributed by atoms with van der Waals surface area (Å²) in [6.45, 7) is 0. The van der Waals surface area contributed by atoms with Crippen molar-refractivity contribution in [3.63, 3.8) is 0 Å². The number of hydrogen-bond donors (Lipinski definition) is 1. The lowest BCUT2D eigenvalue weighted by atomic mass is 10.0. The Labute approximate surface area is 142 Å². The molecule has 0 amide bonds. The number of rotatable bonds is 3. The van der Waals surface area contributed by atoms with E-state index in [0.717, 1.165) is 0 Å². The molecule has 0 bridgehead atoms. The lowest BCUT2D eigenvalue weighted by Gasteiger charge is -2.11. The van der Waals surface area contributed by atoms with E-state index in [0.29, 0.717) is 38.0 Å². The first-order chi connectivity index (χ1) is 11.0. The van der Waals surface area contributed by atoms with Crippen molar-refractivity contribution in [2.75, 3.05) is 7.11 Å². The van der Waals surface area contributed by atoms with Crippen molar-refractivity contribution < 1.29 is 14.6 Å². The molecule has 4 nitrogen and oxygen atoms in total. The molecule has 0 aliphatic heterocycles. The first-order valence-electron chi connectivity index (χ1n) is 6.67. The molecular formula is C17H11Cl2NO3. The molecule has 0 saturated heterocycles. The fraction of sp³-hybridized carbons (Fsp3) is 0.0588. The summed E-state index contributed by atoms with van der Waals surface area (Å²) < 4.78 is 5.32. The lowest BCUT2D eigenvalue weighted by molar-refractivity contribution is 0.0699. The summed E-state index contributed by atoms with van der Waals surface area (Å²) in [6.07, 6.45) is 0. The zero-order valence-corrected chi connectivity index (χ0v) is 13.5. The van der Waals surface area contributed by atoms with E-state index < -0.39 is 5.97 Å². The van der Waals surface area contributed by atoms with Gasteiger partial charge in [0.15, 0.2) is 0 Å². The van der Waals surface area contributed by atoms with E-state index in [-0.39, 0.29) is 5.56 Å². The van der Waals surface area contributed by atoms with Crippen LogP contribution in [-0.4, -0.2) is 23.2 Å². The summed E-state index contributed by atoms with van der Waals surface area (Å²) in [5.41, 5.74) is 1.58. The number of fused-ring (bicyclic) bond motifs is 1. The number of pyridine rings is 1. The zero-order valence-electron chi connectivity index (χ0n) is 12.0. The fourth-order valence-corrected chi connectivity index (χ4v) is 2.80. The maximum Gasteiger partial charge on any atom is 0.336 e. The normalized spacial score (nSPS) is 10.7. The quantitative estimate of drug-likeness (QED) is 0.730. The molecule has 3 rings (SSSR count). The zero-order chi connectivity index (χ0) is 16.6. The Morgan fingerprint density at radius 1 is 1.17 bits per heavy atom. The van der Waals surface area contributed by atoms with Gasteiger partial charge in [-0.3, -0.25) is 0 Å². The molecule has 2 aromatic carbocycles. The van der Waals surface area contributed by atoms with Crippen LogP contribution < -0.4 is 4.74 Å². The number of carbonyl (C=O) groups is 1. The van der Waals surface area contributed by atoms with Gasteiger partial charge in [0.25, 0.3) is 0 Å². The van der Waals surface area contributed by atoms with Crippen LogP contribution in [0.2, 0.25) is 10.0 Å². The SMILES string of the molecule is COc1ccc(Cl)cc1-c1cc(C(=O)O)c2cccc(Cl)c2n1. The molecule has 0 unspecified atom stereocenters. The number of ether oxygens (including phenoxy) is 1. The van der Waals surface area contributed by atoms with Gasteiger partial charge in [-0.05, 0) is 30.3 Å². The third kappa shape index (κ3) is 2.83. The van der Waals surface area contributed by atoms with Gasteiger partial charge in [-0.2, -0.15) is 0 Å². The van der Waals surface area contributed by atoms with Gasteiger partial charge in [0.1, 0.15) is 5.75 Å². The van der Waals surface area contributed by atoms with E-state index >= 15 is 0 Å². The number of hydrogen-bond acceptors (Lipinski definition) is 3. The number of aromatic nitrogens is 1. The first-order valence-corrected chi connectivity index (χ1v) is 7.43. The van der Waals surface area contributed by atoms with E-state index in [1.807, 2.05) is 0 Å². The van der Waals surface area contributed by atoms with Gasteiger partial charge in [-0.15, -0.1) is 0 Å². The van der Waals surface area contributed by atoms with E-state index in [9.17, 15) is 9.90 Å². The summed E-state index contributed by atoms with van der Waals surface area (Å²) in [5.74, 6) is -0.508. The van der Waals surface area contributed by atoms with Gasteiger partial charge in [-0.25, -0.2) is 9.78 Å². The first kappa shape index (κ1) is 15.6. The Kier molecular flexibility index (Phi) is 4.11. The molecule has 1 N–H and O–H groups in total. The van der Waals surface area contributed by atoms with Crippen LogP contribution in [0, 0.1) is 0 Å². The van der Waals surface area contributed by atoms with Crippen molar-refractivity contribution in [3.05, 3.63) is 58.1 Å². The smallest absolute Gasteiger partial charge is 0.336 e. The van der Waals surface area contributed by atoms with Crippen LogP contribution in [0.3, 0.4) is 0 Å². The van der Waals surface area contributed by atoms with Crippen molar-refractivity contribution in [2.45, 2.75) is 0 Å². The number of halogens is 2. The average Bonchev–Trinajstić information content (AvgIpc) is 2.54. The second-order valence-electron chi connectivity index (χ2n) is 4.84. The molecule has 0 aliphatic rings. The summed E-state index contributed by atoms with van der Waals surface area (Å²) in [6, 6.07) is 11.6. The molecule has 0 fully saturated rings. The van der Waals surface area contributed by atoms with Gasteiger partial charge in [0, 0.05) is 16.0 Å². The molecule has 1 heterocycles. The summed E-state index contributed by atoms with van der Waals surface area (Å²) in [7, 11) is 1.53. The number of carboxylic acid groups (broad SMARTS) is 1. The fourth-order valence-electron chi connectivity index (χ4n) is 2.41. The average molecular weight is 348 g/mol. The number of aromatic carboxylic acids is 1. The maximum absolute atomic E-state index is 11.6. The topological polar surface area (TPSA) is 59.4 Å². The number of benzene rings is 2. The molecule has 23 heavy (non-hydrogen) atoms. The summed E-state index contributed by atoms with van der Waals surface area (Å²) in [5, 5.41) is 10.9. The van der Waals surface area contributed by atoms with Crippen molar-refractivity contribution in [1.82, 2.24) is 4.98 Å². The Bertz CT molecular complexity index is 925. The molecule has 6 heteroatoms. The van der Waals surface area contributed by atoms with Crippen LogP contribution in [0.1, 0.15) is 10.4 Å². The van der Waals surface area contributed by atoms with Crippen LogP contribution in [0.5, 0.6) is 5.75 Å². The largest absolute Gasteiger partial charge is 0.496 e. The van der Waals surface area contributed by atoms with E-state index in [1.54, 1.807) is 36.4 Å². The molecule has 3 aromatic rings. The number of nitrogens with zero attached hydrogens (tertiary/aromatic N) is 1. The second-order valence-corrected chi connectivity index (χ2v) is 5.68. The van der Waals surface area contributed by atoms with Gasteiger partial charge in [0.2, 0.25) is 0 Å². The van der Waals surface area contributed by atoms with Crippen LogP contribution in [0.25, 0.3) is 22.2 Å². The minimum atomic E-state index is -1.05. The molecule has 0 aliphatic carbocycles. The number of para-hydroxylation sites is 1. The van der Waals surface area contributed by atoms with Crippen LogP contribution in [-0.2, 0) is 0 Å². The van der Waals surface area contributed by atoms with Crippen molar-refractivity contribution in [3.8, 4) is 17.0 Å². The highest BCUT2D eigenvalue weighted by molar-refractivity contribution is 6.35. The monoisotopic (exact) mass is 347 g/mol. The standard InChI is InChI=1S/C17H11Cl2NO3/c1-23-15-6-5-9(18)7-12(15)14-8-11(17(21)22)10-3-2-4-13(19)16(10)20-14/h2-8H,1H3,(H,21,22). The Morgan fingerprint density at radius 3 is 2.65 bits per heavy atom. The minimum Gasteiger partial charge on any atom is -0.496 e. The molecule has 1 aromatic heterocycles. The molecule has 0 atom stereocenters. The van der Waals surface area contributed by atoms with Gasteiger partial charge in [-0.1, -0.05) is 35.3 Å². The van der Waals surface area contributed by atoms with Crippen LogP contribution in [0.4, 0.5) is 0 Å². The third-order valence-electron chi connectivity index (χ3n) is 3.46. The lowest BCUT2D eigenvalue weighted by Crippen LogP contribution is -2.01. The highest BCUT2D eigenvalue weighted by Crippen LogP contribution is 2.35.